The van der Waals surface area contributed by atoms with Gasteiger partial charge in [0, 0.05) is 5.01 Å². The lowest BCUT2D eigenvalue weighted by Gasteiger charge is -2.26. The van der Waals surface area contributed by atoms with E-state index in [4.69, 9.17) is 0 Å². The van der Waals surface area contributed by atoms with Gasteiger partial charge in [-0.05, 0) is 19.3 Å². The fraction of sp³-hybridized carbons (Fsp3) is 0.765. The van der Waals surface area contributed by atoms with Crippen molar-refractivity contribution in [1.29, 1.82) is 0 Å². The van der Waals surface area contributed by atoms with Crippen molar-refractivity contribution in [2.75, 3.05) is 0 Å². The number of hydrogen-bond acceptors (Lipinski definition) is 8. The molecule has 3 unspecified atom stereocenters. The standard InChI is InChI=1S/C17H25N4O6/c1-3-5-7-9-13(18-11-22)15-16(24)20(21(26)27-17(15)25)14(19-12-23)10-8-6-4-2/h13-15H,3-10H2,1-2H3/q+1. The van der Waals surface area contributed by atoms with Crippen LogP contribution in [0.1, 0.15) is 65.2 Å². The first-order chi connectivity index (χ1) is 13.0. The molecule has 1 fully saturated rings. The van der Waals surface area contributed by atoms with E-state index in [9.17, 15) is 24.1 Å². The van der Waals surface area contributed by atoms with Crippen LogP contribution in [-0.2, 0) is 24.0 Å². The van der Waals surface area contributed by atoms with Crippen LogP contribution in [0.25, 0.3) is 0 Å². The van der Waals surface area contributed by atoms with E-state index in [1.165, 1.54) is 12.2 Å². The number of isocyanates is 2. The van der Waals surface area contributed by atoms with Gasteiger partial charge in [0.1, 0.15) is 4.91 Å². The Labute approximate surface area is 157 Å². The molecule has 0 aromatic carbocycles. The molecule has 148 valence electrons. The van der Waals surface area contributed by atoms with Gasteiger partial charge < -0.3 is 0 Å². The summed E-state index contributed by atoms with van der Waals surface area (Å²) in [6.07, 6.45) is 6.77. The molecule has 0 bridgehead atoms. The van der Waals surface area contributed by atoms with E-state index in [1.807, 2.05) is 13.8 Å². The van der Waals surface area contributed by atoms with Gasteiger partial charge in [0.25, 0.3) is 0 Å². The molecule has 0 spiro atoms. The summed E-state index contributed by atoms with van der Waals surface area (Å²) in [5, 5.41) is 0.326. The highest BCUT2D eigenvalue weighted by Crippen LogP contribution is 2.26. The lowest BCUT2D eigenvalue weighted by Crippen LogP contribution is -2.57. The number of rotatable bonds is 12. The third kappa shape index (κ3) is 6.20. The van der Waals surface area contributed by atoms with Crippen molar-refractivity contribution in [2.45, 2.75) is 77.4 Å². The molecular formula is C17H25N4O6+. The SMILES string of the molecule is CCCCCC(N=C=O)C1C(=O)O[N+](=O)N(C(CCCCC)N=C=O)C1=O. The van der Waals surface area contributed by atoms with E-state index in [2.05, 4.69) is 14.8 Å². The van der Waals surface area contributed by atoms with Gasteiger partial charge >= 0.3 is 16.9 Å². The molecule has 1 amide bonds. The van der Waals surface area contributed by atoms with E-state index in [0.29, 0.717) is 24.3 Å². The summed E-state index contributed by atoms with van der Waals surface area (Å²) in [5.41, 5.74) is 0. The van der Waals surface area contributed by atoms with Gasteiger partial charge in [-0.1, -0.05) is 46.0 Å². The van der Waals surface area contributed by atoms with Gasteiger partial charge in [-0.25, -0.2) is 19.4 Å². The van der Waals surface area contributed by atoms with Crippen LogP contribution in [0.2, 0.25) is 0 Å². The minimum Gasteiger partial charge on any atom is -0.267 e. The normalized spacial score (nSPS) is 19.0. The van der Waals surface area contributed by atoms with Crippen molar-refractivity contribution in [3.05, 3.63) is 4.91 Å². The first kappa shape index (κ1) is 22.3. The third-order valence-corrected chi connectivity index (χ3v) is 4.35. The van der Waals surface area contributed by atoms with Crippen molar-refractivity contribution in [3.8, 4) is 0 Å². The van der Waals surface area contributed by atoms with E-state index >= 15 is 0 Å². The molecule has 0 saturated carbocycles. The smallest absolute Gasteiger partial charge is 0.267 e. The molecule has 0 aromatic rings. The minimum absolute atomic E-state index is 0.231. The minimum atomic E-state index is -1.45. The molecule has 0 aliphatic carbocycles. The van der Waals surface area contributed by atoms with Crippen LogP contribution in [-0.4, -0.2) is 46.3 Å². The average Bonchev–Trinajstić information content (AvgIpc) is 2.61. The highest BCUT2D eigenvalue weighted by molar-refractivity contribution is 5.99. The molecule has 1 aliphatic heterocycles. The zero-order valence-corrected chi connectivity index (χ0v) is 15.6. The van der Waals surface area contributed by atoms with Crippen molar-refractivity contribution < 1.29 is 29.0 Å². The largest absolute Gasteiger partial charge is 0.403 e. The second-order valence-electron chi connectivity index (χ2n) is 6.29. The molecule has 10 nitrogen and oxygen atoms in total. The number of aliphatic imine (C=N–C) groups is 2. The summed E-state index contributed by atoms with van der Waals surface area (Å²) in [6, 6.07) is -0.984. The molecule has 10 heteroatoms. The van der Waals surface area contributed by atoms with Crippen molar-refractivity contribution in [3.63, 3.8) is 0 Å². The van der Waals surface area contributed by atoms with Gasteiger partial charge in [-0.2, -0.15) is 4.99 Å². The molecular weight excluding hydrogens is 356 g/mol. The summed E-state index contributed by atoms with van der Waals surface area (Å²) < 4.78 is 0. The highest BCUT2D eigenvalue weighted by Gasteiger charge is 2.56. The van der Waals surface area contributed by atoms with Crippen molar-refractivity contribution >= 4 is 24.0 Å². The number of amides is 1. The van der Waals surface area contributed by atoms with Crippen LogP contribution in [0.5, 0.6) is 0 Å². The maximum atomic E-state index is 12.8. The van der Waals surface area contributed by atoms with Crippen LogP contribution in [0.4, 0.5) is 0 Å². The van der Waals surface area contributed by atoms with E-state index in [0.717, 1.165) is 25.7 Å². The Balaban J connectivity index is 3.10. The van der Waals surface area contributed by atoms with Gasteiger partial charge in [0.05, 0.1) is 6.04 Å². The van der Waals surface area contributed by atoms with Crippen LogP contribution in [0, 0.1) is 10.8 Å². The molecule has 1 heterocycles. The Bertz CT molecular complexity index is 587. The summed E-state index contributed by atoms with van der Waals surface area (Å²) >= 11 is 0. The van der Waals surface area contributed by atoms with Gasteiger partial charge in [-0.15, -0.1) is 4.84 Å². The fourth-order valence-corrected chi connectivity index (χ4v) is 2.94. The second kappa shape index (κ2) is 11.8. The highest BCUT2D eigenvalue weighted by atomic mass is 16.8. The number of hydrazine groups is 1. The summed E-state index contributed by atoms with van der Waals surface area (Å²) in [7, 11) is 0. The number of unbranched alkanes of at least 4 members (excludes halogenated alkanes) is 4. The molecule has 0 radical (unpaired) electrons. The molecule has 27 heavy (non-hydrogen) atoms. The Morgan fingerprint density at radius 1 is 1.04 bits per heavy atom. The summed E-state index contributed by atoms with van der Waals surface area (Å²) in [4.78, 5) is 70.2. The van der Waals surface area contributed by atoms with Crippen molar-refractivity contribution in [2.24, 2.45) is 15.9 Å². The van der Waals surface area contributed by atoms with Gasteiger partial charge in [0.15, 0.2) is 5.92 Å². The van der Waals surface area contributed by atoms with Gasteiger partial charge in [-0.3, -0.25) is 4.79 Å². The van der Waals surface area contributed by atoms with E-state index in [-0.39, 0.29) is 11.5 Å². The fourth-order valence-electron chi connectivity index (χ4n) is 2.94. The Morgan fingerprint density at radius 2 is 1.63 bits per heavy atom. The number of carbonyl (C=O) groups excluding carboxylic acids is 4. The summed E-state index contributed by atoms with van der Waals surface area (Å²) in [6.45, 7) is 3.95. The Hall–Kier alpha value is -2.70. The predicted octanol–water partition coefficient (Wildman–Crippen LogP) is 2.12. The van der Waals surface area contributed by atoms with Gasteiger partial charge in [0.2, 0.25) is 18.3 Å². The lowest BCUT2D eigenvalue weighted by molar-refractivity contribution is -0.885. The topological polar surface area (TPSA) is 126 Å². The predicted molar refractivity (Wildman–Crippen MR) is 92.2 cm³/mol. The average molecular weight is 381 g/mol. The maximum Gasteiger partial charge on any atom is 0.403 e. The monoisotopic (exact) mass is 381 g/mol. The van der Waals surface area contributed by atoms with E-state index in [1.54, 1.807) is 0 Å². The van der Waals surface area contributed by atoms with E-state index < -0.39 is 30.0 Å². The Morgan fingerprint density at radius 3 is 2.19 bits per heavy atom. The summed E-state index contributed by atoms with van der Waals surface area (Å²) in [5.74, 6) is -3.44. The molecule has 1 saturated heterocycles. The third-order valence-electron chi connectivity index (χ3n) is 4.35. The quantitative estimate of drug-likeness (QED) is 0.221. The maximum absolute atomic E-state index is 12.8. The Kier molecular flexibility index (Phi) is 9.79. The first-order valence-corrected chi connectivity index (χ1v) is 9.17. The second-order valence-corrected chi connectivity index (χ2v) is 6.29. The zero-order valence-electron chi connectivity index (χ0n) is 15.6. The van der Waals surface area contributed by atoms with Crippen LogP contribution >= 0.6 is 0 Å². The van der Waals surface area contributed by atoms with Crippen LogP contribution in [0.3, 0.4) is 0 Å². The zero-order chi connectivity index (χ0) is 20.2. The molecule has 0 aromatic heterocycles. The van der Waals surface area contributed by atoms with Crippen molar-refractivity contribution in [1.82, 2.24) is 5.01 Å². The molecule has 3 atom stereocenters. The number of nitrogens with zero attached hydrogens (tertiary/aromatic N) is 4. The van der Waals surface area contributed by atoms with Crippen LogP contribution in [0.15, 0.2) is 9.98 Å². The lowest BCUT2D eigenvalue weighted by atomic mass is 9.93. The number of hydrogen-bond donors (Lipinski definition) is 0. The first-order valence-electron chi connectivity index (χ1n) is 9.17. The number of carbonyl (C=O) groups is 2. The van der Waals surface area contributed by atoms with Crippen LogP contribution < -0.4 is 0 Å². The molecule has 1 aliphatic rings. The molecule has 0 N–H and O–H groups in total. The molecule has 1 rings (SSSR count).